The number of primary amides is 1. The molecule has 0 fully saturated rings. The molecule has 2 rings (SSSR count). The standard InChI is InChI=1S/C35H53N5O6/c1-6-22(4)31(30(42)20-27(13-9-10-16-36)34(45)38-28(32(37)43)17-21(2)3)40-35(46)29(39-33(44)23(5)41)19-24-14-15-25-11-7-8-12-26(25)18-24/h7-8,11-12,14-15,18,21-23,27-29,31,41H,6,9-10,13,16-17,19-20,36H2,1-5H3,(H2,37,43)(H,38,45)(H,39,44)(H,40,46)/t22-,23-,27+,28-,29-,31-/m0/s1. The van der Waals surface area contributed by atoms with Gasteiger partial charge in [-0.3, -0.25) is 24.0 Å². The highest BCUT2D eigenvalue weighted by atomic mass is 16.3. The Kier molecular flexibility index (Phi) is 15.8. The van der Waals surface area contributed by atoms with Gasteiger partial charge in [0, 0.05) is 18.8 Å². The third-order valence-electron chi connectivity index (χ3n) is 8.32. The average molecular weight is 640 g/mol. The summed E-state index contributed by atoms with van der Waals surface area (Å²) in [6, 6.07) is 10.6. The lowest BCUT2D eigenvalue weighted by atomic mass is 9.87. The highest BCUT2D eigenvalue weighted by Gasteiger charge is 2.34. The zero-order valence-corrected chi connectivity index (χ0v) is 27.9. The van der Waals surface area contributed by atoms with Gasteiger partial charge in [0.05, 0.1) is 6.04 Å². The Balaban J connectivity index is 2.31. The molecule has 11 heteroatoms. The van der Waals surface area contributed by atoms with Gasteiger partial charge in [-0.15, -0.1) is 0 Å². The van der Waals surface area contributed by atoms with Gasteiger partial charge in [-0.2, -0.15) is 0 Å². The monoisotopic (exact) mass is 639 g/mol. The van der Waals surface area contributed by atoms with E-state index < -0.39 is 53.8 Å². The van der Waals surface area contributed by atoms with Crippen molar-refractivity contribution in [2.24, 2.45) is 29.2 Å². The molecule has 4 amide bonds. The minimum atomic E-state index is -1.34. The van der Waals surface area contributed by atoms with Crippen LogP contribution in [0.25, 0.3) is 10.8 Å². The van der Waals surface area contributed by atoms with Crippen LogP contribution in [-0.2, 0) is 30.4 Å². The Morgan fingerprint density at radius 3 is 2.07 bits per heavy atom. The number of aliphatic hydroxyl groups is 1. The number of fused-ring (bicyclic) bond motifs is 1. The molecule has 0 unspecified atom stereocenters. The second-order valence-electron chi connectivity index (χ2n) is 12.7. The third-order valence-corrected chi connectivity index (χ3v) is 8.32. The summed E-state index contributed by atoms with van der Waals surface area (Å²) in [5.41, 5.74) is 12.0. The predicted octanol–water partition coefficient (Wildman–Crippen LogP) is 2.50. The lowest BCUT2D eigenvalue weighted by molar-refractivity contribution is -0.136. The molecule has 0 aliphatic heterocycles. The fraction of sp³-hybridized carbons (Fsp3) is 0.571. The molecule has 8 N–H and O–H groups in total. The van der Waals surface area contributed by atoms with Crippen molar-refractivity contribution in [1.29, 1.82) is 0 Å². The van der Waals surface area contributed by atoms with Crippen LogP contribution in [0.15, 0.2) is 42.5 Å². The van der Waals surface area contributed by atoms with Crippen molar-refractivity contribution in [2.75, 3.05) is 6.54 Å². The molecule has 11 nitrogen and oxygen atoms in total. The minimum Gasteiger partial charge on any atom is -0.384 e. The van der Waals surface area contributed by atoms with E-state index in [1.54, 1.807) is 0 Å². The van der Waals surface area contributed by atoms with E-state index >= 15 is 0 Å². The summed E-state index contributed by atoms with van der Waals surface area (Å²) in [6.45, 7) is 9.31. The third kappa shape index (κ3) is 12.2. The van der Waals surface area contributed by atoms with Crippen molar-refractivity contribution < 1.29 is 29.1 Å². The molecule has 0 spiro atoms. The fourth-order valence-corrected chi connectivity index (χ4v) is 5.37. The summed E-state index contributed by atoms with van der Waals surface area (Å²) in [5.74, 6) is -3.63. The normalized spacial score (nSPS) is 15.3. The summed E-state index contributed by atoms with van der Waals surface area (Å²) in [6.07, 6.45) is 1.20. The number of hydrogen-bond donors (Lipinski definition) is 6. The molecule has 0 saturated carbocycles. The first-order valence-corrected chi connectivity index (χ1v) is 16.4. The van der Waals surface area contributed by atoms with Crippen LogP contribution in [0.4, 0.5) is 0 Å². The largest absolute Gasteiger partial charge is 0.384 e. The number of benzene rings is 2. The van der Waals surface area contributed by atoms with E-state index in [4.69, 9.17) is 11.5 Å². The second kappa shape index (κ2) is 19.0. The van der Waals surface area contributed by atoms with Gasteiger partial charge in [0.1, 0.15) is 18.2 Å². The van der Waals surface area contributed by atoms with Crippen molar-refractivity contribution in [3.05, 3.63) is 48.0 Å². The Bertz CT molecular complexity index is 1330. The second-order valence-corrected chi connectivity index (χ2v) is 12.7. The molecule has 0 aliphatic rings. The van der Waals surface area contributed by atoms with E-state index in [2.05, 4.69) is 16.0 Å². The van der Waals surface area contributed by atoms with Crippen LogP contribution in [0.3, 0.4) is 0 Å². The molecule has 0 radical (unpaired) electrons. The number of Topliss-reactive ketones (excluding diaryl/α,β-unsaturated/α-hetero) is 1. The molecule has 0 saturated heterocycles. The summed E-state index contributed by atoms with van der Waals surface area (Å²) in [5, 5.41) is 20.1. The number of unbranched alkanes of at least 4 members (excludes halogenated alkanes) is 1. The molecule has 0 bridgehead atoms. The van der Waals surface area contributed by atoms with Crippen molar-refractivity contribution in [3.63, 3.8) is 0 Å². The van der Waals surface area contributed by atoms with Crippen LogP contribution < -0.4 is 27.4 Å². The van der Waals surface area contributed by atoms with Gasteiger partial charge in [-0.25, -0.2) is 0 Å². The number of carbonyl (C=O) groups excluding carboxylic acids is 5. The molecule has 0 aliphatic carbocycles. The van der Waals surface area contributed by atoms with E-state index in [1.807, 2.05) is 70.2 Å². The quantitative estimate of drug-likeness (QED) is 0.120. The summed E-state index contributed by atoms with van der Waals surface area (Å²) < 4.78 is 0. The van der Waals surface area contributed by atoms with Crippen molar-refractivity contribution >= 4 is 40.2 Å². The number of nitrogens with one attached hydrogen (secondary N) is 3. The maximum absolute atomic E-state index is 13.8. The van der Waals surface area contributed by atoms with Gasteiger partial charge < -0.3 is 32.5 Å². The molecule has 0 aromatic heterocycles. The predicted molar refractivity (Wildman–Crippen MR) is 179 cm³/mol. The van der Waals surface area contributed by atoms with Crippen LogP contribution in [-0.4, -0.2) is 65.3 Å². The van der Waals surface area contributed by atoms with Gasteiger partial charge in [0.2, 0.25) is 23.6 Å². The lowest BCUT2D eigenvalue weighted by Gasteiger charge is -2.28. The number of ketones is 1. The van der Waals surface area contributed by atoms with Gasteiger partial charge >= 0.3 is 0 Å². The molecule has 254 valence electrons. The first kappa shape index (κ1) is 38.4. The van der Waals surface area contributed by atoms with E-state index in [0.717, 1.165) is 16.3 Å². The topological polar surface area (TPSA) is 194 Å². The molecule has 2 aromatic carbocycles. The molecule has 6 atom stereocenters. The summed E-state index contributed by atoms with van der Waals surface area (Å²) in [4.78, 5) is 65.5. The van der Waals surface area contributed by atoms with Crippen LogP contribution in [0.1, 0.15) is 78.7 Å². The van der Waals surface area contributed by atoms with Crippen LogP contribution in [0, 0.1) is 17.8 Å². The number of rotatable bonds is 20. The Morgan fingerprint density at radius 1 is 0.826 bits per heavy atom. The van der Waals surface area contributed by atoms with Gasteiger partial charge in [-0.05, 0) is 60.9 Å². The molecule has 46 heavy (non-hydrogen) atoms. The van der Waals surface area contributed by atoms with E-state index in [9.17, 15) is 29.1 Å². The number of aliphatic hydroxyl groups excluding tert-OH is 1. The highest BCUT2D eigenvalue weighted by Crippen LogP contribution is 2.21. The maximum Gasteiger partial charge on any atom is 0.249 e. The number of amides is 4. The number of carbonyl (C=O) groups is 5. The summed E-state index contributed by atoms with van der Waals surface area (Å²) in [7, 11) is 0. The van der Waals surface area contributed by atoms with Gasteiger partial charge in [-0.1, -0.05) is 83.0 Å². The molecular weight excluding hydrogens is 586 g/mol. The first-order valence-electron chi connectivity index (χ1n) is 16.4. The van der Waals surface area contributed by atoms with E-state index in [0.29, 0.717) is 38.6 Å². The average Bonchev–Trinajstić information content (AvgIpc) is 3.01. The lowest BCUT2D eigenvalue weighted by Crippen LogP contribution is -2.55. The Hall–Kier alpha value is -3.83. The Labute approximate surface area is 272 Å². The van der Waals surface area contributed by atoms with Crippen molar-refractivity contribution in [2.45, 2.75) is 104 Å². The maximum atomic E-state index is 13.8. The van der Waals surface area contributed by atoms with Crippen molar-refractivity contribution in [1.82, 2.24) is 16.0 Å². The highest BCUT2D eigenvalue weighted by molar-refractivity contribution is 5.96. The van der Waals surface area contributed by atoms with Crippen molar-refractivity contribution in [3.8, 4) is 0 Å². The van der Waals surface area contributed by atoms with E-state index in [-0.39, 0.29) is 30.5 Å². The fourth-order valence-electron chi connectivity index (χ4n) is 5.37. The molecular formula is C35H53N5O6. The number of hydrogen-bond acceptors (Lipinski definition) is 7. The molecule has 0 heterocycles. The molecule has 2 aromatic rings. The smallest absolute Gasteiger partial charge is 0.249 e. The SMILES string of the molecule is CC[C@H](C)[C@H](NC(=O)[C@H](Cc1ccc2ccccc2c1)NC(=O)[C@H](C)O)C(=O)C[C@@H](CCCCN)C(=O)N[C@@H](CC(C)C)C(N)=O. The zero-order valence-electron chi connectivity index (χ0n) is 27.9. The van der Waals surface area contributed by atoms with Gasteiger partial charge in [0.15, 0.2) is 5.78 Å². The first-order chi connectivity index (χ1) is 21.8. The van der Waals surface area contributed by atoms with Crippen LogP contribution in [0.2, 0.25) is 0 Å². The number of nitrogens with two attached hydrogens (primary N) is 2. The van der Waals surface area contributed by atoms with Gasteiger partial charge in [0.25, 0.3) is 0 Å². The van der Waals surface area contributed by atoms with Crippen LogP contribution in [0.5, 0.6) is 0 Å². The van der Waals surface area contributed by atoms with E-state index in [1.165, 1.54) is 6.92 Å². The minimum absolute atomic E-state index is 0.108. The Morgan fingerprint density at radius 2 is 1.48 bits per heavy atom. The zero-order chi connectivity index (χ0) is 34.4. The van der Waals surface area contributed by atoms with Crippen LogP contribution >= 0.6 is 0 Å². The summed E-state index contributed by atoms with van der Waals surface area (Å²) >= 11 is 0.